The van der Waals surface area contributed by atoms with Gasteiger partial charge in [0.2, 0.25) is 11.4 Å². The minimum absolute atomic E-state index is 0.156. The molecule has 15 heavy (non-hydrogen) atoms. The Morgan fingerprint density at radius 3 is 2.00 bits per heavy atom. The maximum Gasteiger partial charge on any atom is 0.245 e. The third kappa shape index (κ3) is 1.85. The van der Waals surface area contributed by atoms with Crippen molar-refractivity contribution in [3.05, 3.63) is 5.21 Å². The van der Waals surface area contributed by atoms with E-state index in [0.29, 0.717) is 5.71 Å². The number of rotatable bonds is 2. The average molecular weight is 344 g/mol. The van der Waals surface area contributed by atoms with Crippen molar-refractivity contribution in [1.29, 1.82) is 0 Å². The number of hydrogen-bond donors (Lipinski definition) is 0. The fraction of sp³-hybridized carbons (Fsp3) is 0.889. The summed E-state index contributed by atoms with van der Waals surface area (Å²) in [5.41, 5.74) is -0.445. The maximum atomic E-state index is 12.2. The highest BCUT2D eigenvalue weighted by molar-refractivity contribution is 9.25. The highest BCUT2D eigenvalue weighted by Gasteiger charge is 2.58. The summed E-state index contributed by atoms with van der Waals surface area (Å²) in [6, 6.07) is 0. The van der Waals surface area contributed by atoms with Crippen molar-refractivity contribution in [2.45, 2.75) is 42.6 Å². The van der Waals surface area contributed by atoms with Gasteiger partial charge in [0.1, 0.15) is 5.54 Å². The fourth-order valence-electron chi connectivity index (χ4n) is 2.22. The smallest absolute Gasteiger partial charge is 0.245 e. The molecule has 88 valence electrons. The summed E-state index contributed by atoms with van der Waals surface area (Å²) in [5, 5.41) is 13.9. The van der Waals surface area contributed by atoms with Gasteiger partial charge in [-0.3, -0.25) is 4.84 Å². The number of hydrogen-bond acceptors (Lipinski definition) is 3. The molecule has 0 amide bonds. The standard InChI is InChI=1S/C9H16Br2N2O2/c1-8(2)6(7(10)11)12(14)9(3,4)13(8)15-5/h7H,1-5H3. The van der Waals surface area contributed by atoms with Crippen LogP contribution in [-0.2, 0) is 4.84 Å². The van der Waals surface area contributed by atoms with Gasteiger partial charge in [-0.05, 0) is 13.8 Å². The molecule has 0 saturated heterocycles. The Morgan fingerprint density at radius 2 is 1.80 bits per heavy atom. The molecule has 0 aromatic carbocycles. The van der Waals surface area contributed by atoms with E-state index in [2.05, 4.69) is 31.9 Å². The summed E-state index contributed by atoms with van der Waals surface area (Å²) in [6.07, 6.45) is 0. The Kier molecular flexibility index (Phi) is 3.56. The quantitative estimate of drug-likeness (QED) is 0.439. The molecule has 0 unspecified atom stereocenters. The molecule has 1 heterocycles. The molecule has 0 N–H and O–H groups in total. The van der Waals surface area contributed by atoms with E-state index >= 15 is 0 Å². The van der Waals surface area contributed by atoms with E-state index in [1.165, 1.54) is 0 Å². The second kappa shape index (κ2) is 3.98. The maximum absolute atomic E-state index is 12.2. The van der Waals surface area contributed by atoms with Crippen LogP contribution in [0.5, 0.6) is 0 Å². The van der Waals surface area contributed by atoms with Crippen LogP contribution in [0.15, 0.2) is 0 Å². The van der Waals surface area contributed by atoms with Crippen LogP contribution in [0.2, 0.25) is 0 Å². The zero-order chi connectivity index (χ0) is 12.0. The lowest BCUT2D eigenvalue weighted by molar-refractivity contribution is -0.582. The van der Waals surface area contributed by atoms with Crippen molar-refractivity contribution in [1.82, 2.24) is 5.06 Å². The van der Waals surface area contributed by atoms with Crippen LogP contribution < -0.4 is 0 Å². The van der Waals surface area contributed by atoms with Gasteiger partial charge in [0.05, 0.1) is 7.11 Å². The van der Waals surface area contributed by atoms with Gasteiger partial charge in [-0.25, -0.2) is 0 Å². The van der Waals surface area contributed by atoms with E-state index in [9.17, 15) is 5.21 Å². The van der Waals surface area contributed by atoms with E-state index in [1.54, 1.807) is 12.2 Å². The predicted octanol–water partition coefficient (Wildman–Crippen LogP) is 2.45. The molecule has 1 rings (SSSR count). The van der Waals surface area contributed by atoms with Crippen LogP contribution in [0.25, 0.3) is 0 Å². The number of nitrogens with zero attached hydrogens (tertiary/aromatic N) is 2. The summed E-state index contributed by atoms with van der Waals surface area (Å²) in [7, 11) is 1.58. The van der Waals surface area contributed by atoms with E-state index in [-0.39, 0.29) is 3.74 Å². The number of halogens is 2. The largest absolute Gasteiger partial charge is 0.622 e. The summed E-state index contributed by atoms with van der Waals surface area (Å²) in [4.78, 5) is 5.32. The lowest BCUT2D eigenvalue weighted by Gasteiger charge is -2.33. The van der Waals surface area contributed by atoms with E-state index in [1.807, 2.05) is 27.7 Å². The minimum Gasteiger partial charge on any atom is -0.622 e. The average Bonchev–Trinajstić information content (AvgIpc) is 2.14. The lowest BCUT2D eigenvalue weighted by atomic mass is 10.00. The Bertz CT molecular complexity index is 300. The van der Waals surface area contributed by atoms with Gasteiger partial charge in [0.15, 0.2) is 3.74 Å². The van der Waals surface area contributed by atoms with Crippen LogP contribution >= 0.6 is 31.9 Å². The SMILES string of the molecule is CON1C(C)(C)C(C(Br)Br)=[N+]([O-])C1(C)C. The molecule has 0 radical (unpaired) electrons. The highest BCUT2D eigenvalue weighted by atomic mass is 79.9. The van der Waals surface area contributed by atoms with Gasteiger partial charge >= 0.3 is 0 Å². The number of hydroxylamine groups is 3. The summed E-state index contributed by atoms with van der Waals surface area (Å²) in [6.45, 7) is 7.59. The predicted molar refractivity (Wildman–Crippen MR) is 67.3 cm³/mol. The first-order valence-corrected chi connectivity index (χ1v) is 6.47. The molecule has 6 heteroatoms. The van der Waals surface area contributed by atoms with Gasteiger partial charge in [0.25, 0.3) is 0 Å². The molecule has 0 aliphatic carbocycles. The second-order valence-corrected chi connectivity index (χ2v) is 7.57. The molecule has 0 atom stereocenters. The molecule has 0 bridgehead atoms. The second-order valence-electron chi connectivity index (χ2n) is 4.51. The Balaban J connectivity index is 3.31. The van der Waals surface area contributed by atoms with E-state index < -0.39 is 11.2 Å². The van der Waals surface area contributed by atoms with Crippen molar-refractivity contribution >= 4 is 37.6 Å². The minimum atomic E-state index is -0.701. The third-order valence-electron chi connectivity index (χ3n) is 2.74. The Morgan fingerprint density at radius 1 is 1.33 bits per heavy atom. The lowest BCUT2D eigenvalue weighted by Crippen LogP contribution is -2.53. The summed E-state index contributed by atoms with van der Waals surface area (Å²) in [5.74, 6) is 0. The Labute approximate surface area is 107 Å². The molecule has 1 aliphatic rings. The highest BCUT2D eigenvalue weighted by Crippen LogP contribution is 2.37. The fourth-order valence-corrected chi connectivity index (χ4v) is 3.71. The van der Waals surface area contributed by atoms with Gasteiger partial charge in [-0.2, -0.15) is 4.74 Å². The summed E-state index contributed by atoms with van der Waals surface area (Å²) < 4.78 is 0.835. The van der Waals surface area contributed by atoms with Crippen molar-refractivity contribution in [2.75, 3.05) is 7.11 Å². The molecule has 0 spiro atoms. The molecule has 4 nitrogen and oxygen atoms in total. The third-order valence-corrected chi connectivity index (χ3v) is 3.60. The van der Waals surface area contributed by atoms with Crippen molar-refractivity contribution < 1.29 is 9.58 Å². The molecule has 0 aromatic heterocycles. The zero-order valence-corrected chi connectivity index (χ0v) is 12.7. The van der Waals surface area contributed by atoms with Gasteiger partial charge in [-0.1, -0.05) is 31.9 Å². The Hall–Kier alpha value is 0.350. The molecule has 0 fully saturated rings. The van der Waals surface area contributed by atoms with Crippen molar-refractivity contribution in [2.24, 2.45) is 0 Å². The van der Waals surface area contributed by atoms with Gasteiger partial charge in [-0.15, -0.1) is 5.06 Å². The van der Waals surface area contributed by atoms with Crippen LogP contribution in [0.1, 0.15) is 27.7 Å². The monoisotopic (exact) mass is 342 g/mol. The normalized spacial score (nSPS) is 25.3. The first kappa shape index (κ1) is 13.4. The van der Waals surface area contributed by atoms with E-state index in [0.717, 1.165) is 4.74 Å². The van der Waals surface area contributed by atoms with Gasteiger partial charge < -0.3 is 5.21 Å². The summed E-state index contributed by atoms with van der Waals surface area (Å²) >= 11 is 6.76. The van der Waals surface area contributed by atoms with Gasteiger partial charge in [0, 0.05) is 13.8 Å². The molecule has 0 aromatic rings. The molecule has 1 aliphatic heterocycles. The topological polar surface area (TPSA) is 38.5 Å². The first-order chi connectivity index (χ1) is 6.67. The molecule has 0 saturated carbocycles. The van der Waals surface area contributed by atoms with Crippen LogP contribution in [-0.4, -0.2) is 37.6 Å². The van der Waals surface area contributed by atoms with E-state index in [4.69, 9.17) is 4.84 Å². The number of alkyl halides is 2. The van der Waals surface area contributed by atoms with Crippen molar-refractivity contribution in [3.8, 4) is 0 Å². The van der Waals surface area contributed by atoms with Crippen LogP contribution in [0.4, 0.5) is 0 Å². The zero-order valence-electron chi connectivity index (χ0n) is 9.54. The van der Waals surface area contributed by atoms with Crippen LogP contribution in [0.3, 0.4) is 0 Å². The first-order valence-electron chi connectivity index (χ1n) is 4.64. The molecular weight excluding hydrogens is 328 g/mol. The molecular formula is C9H16Br2N2O2. The van der Waals surface area contributed by atoms with Crippen molar-refractivity contribution in [3.63, 3.8) is 0 Å². The van der Waals surface area contributed by atoms with Crippen LogP contribution in [0, 0.1) is 5.21 Å².